The van der Waals surface area contributed by atoms with E-state index in [2.05, 4.69) is 19.9 Å². The molecule has 8 nitrogen and oxygen atoms in total. The second kappa shape index (κ2) is 7.84. The molecule has 3 aromatic heterocycles. The third kappa shape index (κ3) is 3.76. The highest BCUT2D eigenvalue weighted by molar-refractivity contribution is 5.92. The fourth-order valence-electron chi connectivity index (χ4n) is 3.65. The Balaban J connectivity index is 1.46. The van der Waals surface area contributed by atoms with Crippen LogP contribution in [0, 0.1) is 12.8 Å². The molecule has 0 bridgehead atoms. The van der Waals surface area contributed by atoms with Gasteiger partial charge in [0.25, 0.3) is 5.91 Å². The van der Waals surface area contributed by atoms with Gasteiger partial charge < -0.3 is 9.47 Å². The summed E-state index contributed by atoms with van der Waals surface area (Å²) in [5, 5.41) is 0. The maximum absolute atomic E-state index is 12.7. The molecule has 1 saturated heterocycles. The molecule has 4 rings (SSSR count). The molecule has 144 valence electrons. The lowest BCUT2D eigenvalue weighted by Gasteiger charge is -2.32. The van der Waals surface area contributed by atoms with Crippen LogP contribution in [0.5, 0.6) is 0 Å². The van der Waals surface area contributed by atoms with Gasteiger partial charge in [0, 0.05) is 38.7 Å². The number of aromatic nitrogens is 6. The first-order valence-corrected chi connectivity index (χ1v) is 9.46. The zero-order valence-electron chi connectivity index (χ0n) is 16.1. The zero-order chi connectivity index (χ0) is 19.5. The quantitative estimate of drug-likeness (QED) is 0.691. The second-order valence-electron chi connectivity index (χ2n) is 7.20. The molecule has 0 aliphatic carbocycles. The van der Waals surface area contributed by atoms with E-state index in [4.69, 9.17) is 4.98 Å². The molecular formula is C20H23N7O. The molecule has 1 fully saturated rings. The highest BCUT2D eigenvalue weighted by Gasteiger charge is 2.26. The Morgan fingerprint density at radius 1 is 1.14 bits per heavy atom. The minimum atomic E-state index is -0.0528. The van der Waals surface area contributed by atoms with Crippen LogP contribution < -0.4 is 0 Å². The van der Waals surface area contributed by atoms with Crippen LogP contribution in [0.1, 0.15) is 34.8 Å². The number of nitrogens with zero attached hydrogens (tertiary/aromatic N) is 7. The zero-order valence-corrected chi connectivity index (χ0v) is 16.1. The van der Waals surface area contributed by atoms with Crippen LogP contribution in [-0.4, -0.2) is 53.4 Å². The van der Waals surface area contributed by atoms with Crippen molar-refractivity contribution >= 4 is 5.91 Å². The normalized spacial score (nSPS) is 16.9. The van der Waals surface area contributed by atoms with Crippen LogP contribution in [-0.2, 0) is 13.5 Å². The van der Waals surface area contributed by atoms with Gasteiger partial charge >= 0.3 is 0 Å². The molecule has 1 aliphatic heterocycles. The molecule has 1 atom stereocenters. The van der Waals surface area contributed by atoms with Crippen LogP contribution in [0.2, 0.25) is 0 Å². The van der Waals surface area contributed by atoms with Gasteiger partial charge in [-0.25, -0.2) is 15.0 Å². The number of piperidine rings is 1. The molecule has 8 heteroatoms. The molecule has 1 amide bonds. The predicted molar refractivity (Wildman–Crippen MR) is 103 cm³/mol. The topological polar surface area (TPSA) is 89.7 Å². The summed E-state index contributed by atoms with van der Waals surface area (Å²) >= 11 is 0. The van der Waals surface area contributed by atoms with Crippen molar-refractivity contribution in [2.75, 3.05) is 13.1 Å². The molecule has 1 unspecified atom stereocenters. The van der Waals surface area contributed by atoms with Crippen LogP contribution in [0.4, 0.5) is 0 Å². The summed E-state index contributed by atoms with van der Waals surface area (Å²) in [5.74, 6) is 1.24. The Morgan fingerprint density at radius 3 is 2.79 bits per heavy atom. The van der Waals surface area contributed by atoms with E-state index in [1.807, 2.05) is 35.8 Å². The summed E-state index contributed by atoms with van der Waals surface area (Å²) in [6.07, 6.45) is 12.9. The van der Waals surface area contributed by atoms with Crippen molar-refractivity contribution in [3.8, 4) is 11.4 Å². The average Bonchev–Trinajstić information content (AvgIpc) is 3.07. The molecule has 0 aromatic carbocycles. The van der Waals surface area contributed by atoms with E-state index >= 15 is 0 Å². The minimum Gasteiger partial charge on any atom is -0.337 e. The van der Waals surface area contributed by atoms with Gasteiger partial charge in [0.2, 0.25) is 0 Å². The molecule has 0 N–H and O–H groups in total. The number of rotatable bonds is 4. The molecule has 28 heavy (non-hydrogen) atoms. The summed E-state index contributed by atoms with van der Waals surface area (Å²) in [5.41, 5.74) is 3.12. The number of amides is 1. The number of carbonyl (C=O) groups is 1. The third-order valence-corrected chi connectivity index (χ3v) is 5.25. The summed E-state index contributed by atoms with van der Waals surface area (Å²) < 4.78 is 2.01. The maximum atomic E-state index is 12.7. The van der Waals surface area contributed by atoms with Crippen molar-refractivity contribution in [1.29, 1.82) is 0 Å². The van der Waals surface area contributed by atoms with Crippen LogP contribution in [0.25, 0.3) is 11.4 Å². The molecule has 0 saturated carbocycles. The van der Waals surface area contributed by atoms with Gasteiger partial charge in [-0.2, -0.15) is 0 Å². The van der Waals surface area contributed by atoms with E-state index < -0.39 is 0 Å². The van der Waals surface area contributed by atoms with E-state index in [1.165, 1.54) is 6.20 Å². The van der Waals surface area contributed by atoms with Gasteiger partial charge in [0.1, 0.15) is 17.2 Å². The number of carbonyl (C=O) groups excluding carboxylic acids is 1. The number of imidazole rings is 1. The van der Waals surface area contributed by atoms with Crippen LogP contribution >= 0.6 is 0 Å². The van der Waals surface area contributed by atoms with E-state index in [9.17, 15) is 4.79 Å². The Labute approximate surface area is 163 Å². The third-order valence-electron chi connectivity index (χ3n) is 5.25. The largest absolute Gasteiger partial charge is 0.337 e. The molecule has 0 radical (unpaired) electrons. The summed E-state index contributed by atoms with van der Waals surface area (Å²) in [4.78, 5) is 36.2. The Kier molecular flexibility index (Phi) is 5.10. The van der Waals surface area contributed by atoms with Crippen LogP contribution in [0.15, 0.2) is 37.2 Å². The van der Waals surface area contributed by atoms with Gasteiger partial charge in [-0.15, -0.1) is 0 Å². The number of hydrogen-bond donors (Lipinski definition) is 0. The van der Waals surface area contributed by atoms with Crippen molar-refractivity contribution in [3.05, 3.63) is 54.4 Å². The Bertz CT molecular complexity index is 970. The summed E-state index contributed by atoms with van der Waals surface area (Å²) in [6, 6.07) is 0. The molecule has 3 aromatic rings. The standard InChI is InChI=1S/C20H23N7O/c1-14-24-12-19(26(14)2)17-10-22-9-16(25-17)8-15-4-3-7-27(13-15)20(28)18-11-21-5-6-23-18/h5-6,9-12,15H,3-4,7-8,13H2,1-2H3. The molecule has 1 aliphatic rings. The van der Waals surface area contributed by atoms with Crippen molar-refractivity contribution in [1.82, 2.24) is 34.4 Å². The van der Waals surface area contributed by atoms with Crippen LogP contribution in [0.3, 0.4) is 0 Å². The maximum Gasteiger partial charge on any atom is 0.274 e. The summed E-state index contributed by atoms with van der Waals surface area (Å²) in [7, 11) is 1.98. The summed E-state index contributed by atoms with van der Waals surface area (Å²) in [6.45, 7) is 3.42. The van der Waals surface area contributed by atoms with Crippen molar-refractivity contribution in [3.63, 3.8) is 0 Å². The lowest BCUT2D eigenvalue weighted by Crippen LogP contribution is -2.41. The number of hydrogen-bond acceptors (Lipinski definition) is 6. The SMILES string of the molecule is Cc1ncc(-c2cncc(CC3CCCN(C(=O)c4cnccn4)C3)n2)n1C. The fraction of sp³-hybridized carbons (Fsp3) is 0.400. The first-order chi connectivity index (χ1) is 13.6. The van der Waals surface area contributed by atoms with E-state index in [-0.39, 0.29) is 5.91 Å². The van der Waals surface area contributed by atoms with Gasteiger partial charge in [-0.05, 0) is 32.1 Å². The first kappa shape index (κ1) is 18.2. The number of likely N-dealkylation sites (tertiary alicyclic amines) is 1. The van der Waals surface area contributed by atoms with Gasteiger partial charge in [-0.3, -0.25) is 14.8 Å². The highest BCUT2D eigenvalue weighted by Crippen LogP contribution is 2.23. The lowest BCUT2D eigenvalue weighted by atomic mass is 9.93. The monoisotopic (exact) mass is 377 g/mol. The van der Waals surface area contributed by atoms with E-state index in [0.717, 1.165) is 48.7 Å². The predicted octanol–water partition coefficient (Wildman–Crippen LogP) is 2.07. The second-order valence-corrected chi connectivity index (χ2v) is 7.20. The van der Waals surface area contributed by atoms with Crippen molar-refractivity contribution in [2.45, 2.75) is 26.2 Å². The van der Waals surface area contributed by atoms with Gasteiger partial charge in [-0.1, -0.05) is 0 Å². The lowest BCUT2D eigenvalue weighted by molar-refractivity contribution is 0.0666. The average molecular weight is 377 g/mol. The molecular weight excluding hydrogens is 354 g/mol. The highest BCUT2D eigenvalue weighted by atomic mass is 16.2. The van der Waals surface area contributed by atoms with Crippen molar-refractivity contribution < 1.29 is 4.79 Å². The van der Waals surface area contributed by atoms with E-state index in [0.29, 0.717) is 18.2 Å². The first-order valence-electron chi connectivity index (χ1n) is 9.46. The fourth-order valence-corrected chi connectivity index (χ4v) is 3.65. The Morgan fingerprint density at radius 2 is 2.04 bits per heavy atom. The smallest absolute Gasteiger partial charge is 0.274 e. The minimum absolute atomic E-state index is 0.0528. The Hall–Kier alpha value is -3.16. The molecule has 0 spiro atoms. The van der Waals surface area contributed by atoms with Gasteiger partial charge in [0.15, 0.2) is 0 Å². The number of aryl methyl sites for hydroxylation is 1. The van der Waals surface area contributed by atoms with Gasteiger partial charge in [0.05, 0.1) is 30.0 Å². The van der Waals surface area contributed by atoms with Crippen molar-refractivity contribution in [2.24, 2.45) is 13.0 Å². The van der Waals surface area contributed by atoms with E-state index in [1.54, 1.807) is 18.6 Å². The molecule has 4 heterocycles.